The van der Waals surface area contributed by atoms with Crippen LogP contribution in [0.25, 0.3) is 0 Å². The Morgan fingerprint density at radius 3 is 3.05 bits per heavy atom. The predicted molar refractivity (Wildman–Crippen MR) is 77.5 cm³/mol. The Balaban J connectivity index is 1.73. The van der Waals surface area contributed by atoms with Gasteiger partial charge in [-0.3, -0.25) is 9.48 Å². The number of amides is 1. The Bertz CT molecular complexity index is 619. The Morgan fingerprint density at radius 1 is 1.55 bits per heavy atom. The maximum Gasteiger partial charge on any atom is 0.289 e. The van der Waals surface area contributed by atoms with Crippen molar-refractivity contribution < 1.29 is 9.21 Å². The van der Waals surface area contributed by atoms with E-state index in [-0.39, 0.29) is 11.9 Å². The minimum atomic E-state index is -0.0516. The molecule has 1 unspecified atom stereocenters. The lowest BCUT2D eigenvalue weighted by molar-refractivity contribution is 0.0641. The molecule has 1 aliphatic heterocycles. The molecule has 3 heterocycles. The summed E-state index contributed by atoms with van der Waals surface area (Å²) < 4.78 is 8.02. The molecule has 0 aromatic carbocycles. The van der Waals surface area contributed by atoms with E-state index in [9.17, 15) is 4.79 Å². The van der Waals surface area contributed by atoms with Crippen LogP contribution in [-0.4, -0.2) is 33.7 Å². The van der Waals surface area contributed by atoms with E-state index in [0.717, 1.165) is 29.4 Å². The first kappa shape index (κ1) is 13.4. The van der Waals surface area contributed by atoms with Gasteiger partial charge in [0.05, 0.1) is 16.7 Å². The van der Waals surface area contributed by atoms with Gasteiger partial charge >= 0.3 is 0 Å². The predicted octanol–water partition coefficient (Wildman–Crippen LogP) is 3.02. The lowest BCUT2D eigenvalue weighted by Crippen LogP contribution is -2.40. The number of aryl methyl sites for hydroxylation is 1. The molecule has 1 fully saturated rings. The molecule has 1 amide bonds. The van der Waals surface area contributed by atoms with Crippen LogP contribution < -0.4 is 0 Å². The molecular formula is C14H16BrN3O2. The van der Waals surface area contributed by atoms with Gasteiger partial charge in [0, 0.05) is 25.4 Å². The zero-order valence-electron chi connectivity index (χ0n) is 11.3. The molecule has 2 aromatic heterocycles. The average molecular weight is 338 g/mol. The number of halogens is 1. The van der Waals surface area contributed by atoms with E-state index < -0.39 is 0 Å². The fraction of sp³-hybridized carbons (Fsp3) is 0.429. The van der Waals surface area contributed by atoms with Crippen molar-refractivity contribution >= 4 is 21.8 Å². The van der Waals surface area contributed by atoms with Gasteiger partial charge in [0.15, 0.2) is 5.76 Å². The smallest absolute Gasteiger partial charge is 0.289 e. The second kappa shape index (κ2) is 5.44. The van der Waals surface area contributed by atoms with Crippen molar-refractivity contribution in [3.63, 3.8) is 0 Å². The monoisotopic (exact) mass is 337 g/mol. The summed E-state index contributed by atoms with van der Waals surface area (Å²) >= 11 is 3.30. The van der Waals surface area contributed by atoms with Gasteiger partial charge in [0.1, 0.15) is 6.26 Å². The van der Waals surface area contributed by atoms with Crippen molar-refractivity contribution in [2.45, 2.75) is 25.8 Å². The Hall–Kier alpha value is -1.56. The Kier molecular flexibility index (Phi) is 3.65. The van der Waals surface area contributed by atoms with E-state index in [1.54, 1.807) is 6.07 Å². The zero-order valence-corrected chi connectivity index (χ0v) is 12.8. The van der Waals surface area contributed by atoms with Gasteiger partial charge in [-0.15, -0.1) is 0 Å². The van der Waals surface area contributed by atoms with Crippen molar-refractivity contribution in [3.8, 4) is 0 Å². The van der Waals surface area contributed by atoms with Crippen LogP contribution in [0.15, 0.2) is 33.6 Å². The maximum atomic E-state index is 12.4. The van der Waals surface area contributed by atoms with Crippen LogP contribution in [0.4, 0.5) is 0 Å². The molecule has 0 bridgehead atoms. The summed E-state index contributed by atoms with van der Waals surface area (Å²) in [6.07, 6.45) is 7.45. The third-order valence-corrected chi connectivity index (χ3v) is 3.98. The topological polar surface area (TPSA) is 51.3 Å². The Labute approximate surface area is 125 Å². The van der Waals surface area contributed by atoms with Crippen molar-refractivity contribution in [1.29, 1.82) is 0 Å². The van der Waals surface area contributed by atoms with Crippen molar-refractivity contribution in [3.05, 3.63) is 40.5 Å². The molecule has 0 N–H and O–H groups in total. The van der Waals surface area contributed by atoms with Crippen LogP contribution in [-0.2, 0) is 0 Å². The van der Waals surface area contributed by atoms with Crippen LogP contribution in [0.2, 0.25) is 0 Å². The lowest BCUT2D eigenvalue weighted by Gasteiger charge is -2.32. The highest BCUT2D eigenvalue weighted by atomic mass is 79.9. The second-order valence-corrected chi connectivity index (χ2v) is 6.09. The number of likely N-dealkylation sites (tertiary alicyclic amines) is 1. The number of hydrogen-bond acceptors (Lipinski definition) is 3. The van der Waals surface area contributed by atoms with Crippen LogP contribution in [0.5, 0.6) is 0 Å². The molecule has 0 spiro atoms. The number of piperidine rings is 1. The van der Waals surface area contributed by atoms with Gasteiger partial charge in [0.2, 0.25) is 0 Å². The lowest BCUT2D eigenvalue weighted by atomic mass is 10.1. The SMILES string of the molecule is Cc1cnn(C2CCCN(C(=O)c3cc(Br)co3)C2)c1. The number of nitrogens with zero attached hydrogens (tertiary/aromatic N) is 3. The second-order valence-electron chi connectivity index (χ2n) is 5.17. The summed E-state index contributed by atoms with van der Waals surface area (Å²) in [5, 5.41) is 4.36. The van der Waals surface area contributed by atoms with Crippen LogP contribution in [0, 0.1) is 6.92 Å². The van der Waals surface area contributed by atoms with Crippen LogP contribution >= 0.6 is 15.9 Å². The van der Waals surface area contributed by atoms with Crippen LogP contribution in [0.1, 0.15) is 35.0 Å². The molecule has 20 heavy (non-hydrogen) atoms. The van der Waals surface area contributed by atoms with Crippen molar-refractivity contribution in [2.24, 2.45) is 0 Å². The molecule has 106 valence electrons. The molecule has 1 saturated heterocycles. The normalized spacial score (nSPS) is 19.3. The quantitative estimate of drug-likeness (QED) is 0.846. The van der Waals surface area contributed by atoms with Gasteiger partial charge in [-0.2, -0.15) is 5.10 Å². The van der Waals surface area contributed by atoms with Gasteiger partial charge in [-0.25, -0.2) is 0 Å². The maximum absolute atomic E-state index is 12.4. The highest BCUT2D eigenvalue weighted by Crippen LogP contribution is 2.24. The van der Waals surface area contributed by atoms with Gasteiger partial charge in [-0.1, -0.05) is 0 Å². The molecule has 3 rings (SSSR count). The first-order valence-electron chi connectivity index (χ1n) is 6.67. The highest BCUT2D eigenvalue weighted by Gasteiger charge is 2.27. The van der Waals surface area contributed by atoms with Gasteiger partial charge < -0.3 is 9.32 Å². The summed E-state index contributed by atoms with van der Waals surface area (Å²) in [6.45, 7) is 3.47. The molecule has 6 heteroatoms. The summed E-state index contributed by atoms with van der Waals surface area (Å²) in [5.74, 6) is 0.332. The number of carbonyl (C=O) groups excluding carboxylic acids is 1. The molecule has 2 aromatic rings. The number of aromatic nitrogens is 2. The number of furan rings is 1. The van der Waals surface area contributed by atoms with Gasteiger partial charge in [0.25, 0.3) is 5.91 Å². The fourth-order valence-electron chi connectivity index (χ4n) is 2.57. The van der Waals surface area contributed by atoms with E-state index in [2.05, 4.69) is 21.0 Å². The first-order valence-corrected chi connectivity index (χ1v) is 7.47. The third kappa shape index (κ3) is 2.65. The van der Waals surface area contributed by atoms with E-state index in [4.69, 9.17) is 4.42 Å². The van der Waals surface area contributed by atoms with Crippen LogP contribution in [0.3, 0.4) is 0 Å². The summed E-state index contributed by atoms with van der Waals surface area (Å²) in [7, 11) is 0. The van der Waals surface area contributed by atoms with Crippen molar-refractivity contribution in [2.75, 3.05) is 13.1 Å². The van der Waals surface area contributed by atoms with E-state index in [1.165, 1.54) is 6.26 Å². The zero-order chi connectivity index (χ0) is 14.1. The largest absolute Gasteiger partial charge is 0.458 e. The minimum absolute atomic E-state index is 0.0516. The first-order chi connectivity index (χ1) is 9.63. The van der Waals surface area contributed by atoms with Crippen molar-refractivity contribution in [1.82, 2.24) is 14.7 Å². The number of hydrogen-bond donors (Lipinski definition) is 0. The number of carbonyl (C=O) groups is 1. The van der Waals surface area contributed by atoms with E-state index >= 15 is 0 Å². The molecule has 1 atom stereocenters. The minimum Gasteiger partial charge on any atom is -0.458 e. The summed E-state index contributed by atoms with van der Waals surface area (Å²) in [4.78, 5) is 14.2. The molecule has 1 aliphatic rings. The molecular weight excluding hydrogens is 322 g/mol. The summed E-state index contributed by atoms with van der Waals surface area (Å²) in [5.41, 5.74) is 1.14. The standard InChI is InChI=1S/C14H16BrN3O2/c1-10-6-16-18(7-10)12-3-2-4-17(8-12)14(19)13-5-11(15)9-20-13/h5-7,9,12H,2-4,8H2,1H3. The Morgan fingerprint density at radius 2 is 2.40 bits per heavy atom. The fourth-order valence-corrected chi connectivity index (χ4v) is 2.87. The number of rotatable bonds is 2. The van der Waals surface area contributed by atoms with Gasteiger partial charge in [-0.05, 0) is 41.3 Å². The molecule has 0 saturated carbocycles. The highest BCUT2D eigenvalue weighted by molar-refractivity contribution is 9.10. The molecule has 0 radical (unpaired) electrons. The van der Waals surface area contributed by atoms with E-state index in [1.807, 2.05) is 28.9 Å². The average Bonchev–Trinajstić information content (AvgIpc) is 3.07. The third-order valence-electron chi connectivity index (χ3n) is 3.57. The van der Waals surface area contributed by atoms with E-state index in [0.29, 0.717) is 12.3 Å². The summed E-state index contributed by atoms with van der Waals surface area (Å²) in [6, 6.07) is 1.96. The molecule has 5 nitrogen and oxygen atoms in total. The molecule has 0 aliphatic carbocycles.